The van der Waals surface area contributed by atoms with E-state index in [1.54, 1.807) is 41.3 Å². The van der Waals surface area contributed by atoms with E-state index in [0.29, 0.717) is 11.6 Å². The molecule has 0 N–H and O–H groups in total. The number of ether oxygens (including phenoxy) is 1. The third-order valence-corrected chi connectivity index (χ3v) is 9.92. The van der Waals surface area contributed by atoms with Crippen molar-refractivity contribution < 1.29 is 13.2 Å². The van der Waals surface area contributed by atoms with Gasteiger partial charge < -0.3 is 4.74 Å². The van der Waals surface area contributed by atoms with Crippen molar-refractivity contribution in [2.75, 3.05) is 26.3 Å². The van der Waals surface area contributed by atoms with E-state index in [-0.39, 0.29) is 10.4 Å². The molecule has 0 amide bonds. The molecule has 8 nitrogen and oxygen atoms in total. The summed E-state index contributed by atoms with van der Waals surface area (Å²) >= 11 is 0. The van der Waals surface area contributed by atoms with Gasteiger partial charge in [0.15, 0.2) is 5.65 Å². The maximum absolute atomic E-state index is 13.6. The number of hydrogen-bond donors (Lipinski definition) is 0. The Morgan fingerprint density at radius 3 is 2.43 bits per heavy atom. The summed E-state index contributed by atoms with van der Waals surface area (Å²) in [5.74, 6) is 0.404. The minimum absolute atomic E-state index is 0.214. The molecule has 3 aromatic heterocycles. The lowest BCUT2D eigenvalue weighted by Gasteiger charge is -2.47. The zero-order valence-electron chi connectivity index (χ0n) is 21.4. The summed E-state index contributed by atoms with van der Waals surface area (Å²) in [5.41, 5.74) is 3.53. The summed E-state index contributed by atoms with van der Waals surface area (Å²) in [5, 5.41) is 5.17. The zero-order chi connectivity index (χ0) is 25.6. The first-order chi connectivity index (χ1) is 17.8. The van der Waals surface area contributed by atoms with Crippen molar-refractivity contribution in [3.8, 4) is 11.1 Å². The molecule has 1 saturated carbocycles. The molecule has 0 atom stereocenters. The summed E-state index contributed by atoms with van der Waals surface area (Å²) in [4.78, 5) is 7.60. The van der Waals surface area contributed by atoms with E-state index in [0.717, 1.165) is 68.5 Å². The van der Waals surface area contributed by atoms with Crippen LogP contribution >= 0.6 is 0 Å². The van der Waals surface area contributed by atoms with E-state index in [4.69, 9.17) is 9.72 Å². The Balaban J connectivity index is 1.37. The number of hydrogen-bond acceptors (Lipinski definition) is 6. The summed E-state index contributed by atoms with van der Waals surface area (Å²) in [6.45, 7) is 6.05. The third kappa shape index (κ3) is 4.39. The summed E-state index contributed by atoms with van der Waals surface area (Å²) in [6, 6.07) is 10.7. The van der Waals surface area contributed by atoms with Gasteiger partial charge in [0.2, 0.25) is 0 Å². The van der Waals surface area contributed by atoms with Gasteiger partial charge in [0.05, 0.1) is 24.3 Å². The maximum Gasteiger partial charge on any atom is 0.269 e. The van der Waals surface area contributed by atoms with Crippen LogP contribution in [0.1, 0.15) is 44.1 Å². The molecule has 1 aromatic carbocycles. The van der Waals surface area contributed by atoms with Gasteiger partial charge in [0, 0.05) is 60.8 Å². The van der Waals surface area contributed by atoms with Crippen LogP contribution in [0.3, 0.4) is 0 Å². The molecule has 2 aliphatic rings. The monoisotopic (exact) mass is 519 g/mol. The highest BCUT2D eigenvalue weighted by Gasteiger charge is 2.37. The molecule has 1 aliphatic heterocycles. The number of rotatable bonds is 5. The molecule has 2 fully saturated rings. The van der Waals surface area contributed by atoms with E-state index in [9.17, 15) is 8.42 Å². The molecule has 0 radical (unpaired) electrons. The second-order valence-electron chi connectivity index (χ2n) is 10.6. The van der Waals surface area contributed by atoms with Gasteiger partial charge >= 0.3 is 0 Å². The predicted octanol–water partition coefficient (Wildman–Crippen LogP) is 4.42. The van der Waals surface area contributed by atoms with Gasteiger partial charge in [-0.15, -0.1) is 0 Å². The predicted molar refractivity (Wildman–Crippen MR) is 143 cm³/mol. The molecule has 1 saturated heterocycles. The summed E-state index contributed by atoms with van der Waals surface area (Å²) in [6.07, 6.45) is 11.7. The molecule has 0 unspecified atom stereocenters. The van der Waals surface area contributed by atoms with Crippen molar-refractivity contribution in [1.29, 1.82) is 0 Å². The minimum atomic E-state index is -3.80. The number of aryl methyl sites for hydroxylation is 1. The van der Waals surface area contributed by atoms with Crippen molar-refractivity contribution in [3.05, 3.63) is 66.7 Å². The van der Waals surface area contributed by atoms with Crippen LogP contribution in [0.5, 0.6) is 0 Å². The van der Waals surface area contributed by atoms with Gasteiger partial charge in [-0.1, -0.05) is 18.2 Å². The van der Waals surface area contributed by atoms with E-state index in [1.165, 1.54) is 9.54 Å². The first-order valence-electron chi connectivity index (χ1n) is 13.0. The number of pyridine rings is 1. The molecular weight excluding hydrogens is 486 g/mol. The summed E-state index contributed by atoms with van der Waals surface area (Å²) < 4.78 is 35.8. The Morgan fingerprint density at radius 2 is 1.76 bits per heavy atom. The number of benzene rings is 1. The number of fused-ring (bicyclic) bond motifs is 1. The number of nitrogens with zero attached hydrogens (tertiary/aromatic N) is 5. The molecule has 6 rings (SSSR count). The Kier molecular flexibility index (Phi) is 6.17. The Hall–Kier alpha value is -3.01. The van der Waals surface area contributed by atoms with Crippen LogP contribution in [0.4, 0.5) is 0 Å². The van der Waals surface area contributed by atoms with Crippen LogP contribution in [0, 0.1) is 0 Å². The van der Waals surface area contributed by atoms with Gasteiger partial charge in [-0.3, -0.25) is 9.58 Å². The molecule has 37 heavy (non-hydrogen) atoms. The first-order valence-corrected chi connectivity index (χ1v) is 14.4. The second-order valence-corrected chi connectivity index (χ2v) is 12.4. The SMILES string of the molecule is Cn1cc(-c2cn(S(=O)(=O)c3ccccc3)c3ncc(C4CCC(C)(N5CCOCC5)CC4)cc23)cn1. The van der Waals surface area contributed by atoms with Crippen molar-refractivity contribution in [3.63, 3.8) is 0 Å². The van der Waals surface area contributed by atoms with Crippen LogP contribution < -0.4 is 0 Å². The summed E-state index contributed by atoms with van der Waals surface area (Å²) in [7, 11) is -1.94. The van der Waals surface area contributed by atoms with Crippen molar-refractivity contribution in [2.24, 2.45) is 7.05 Å². The van der Waals surface area contributed by atoms with Crippen LogP contribution in [-0.4, -0.2) is 63.9 Å². The molecular formula is C28H33N5O3S. The van der Waals surface area contributed by atoms with Gasteiger partial charge in [-0.2, -0.15) is 5.10 Å². The Morgan fingerprint density at radius 1 is 1.03 bits per heavy atom. The lowest BCUT2D eigenvalue weighted by Crippen LogP contribution is -2.53. The highest BCUT2D eigenvalue weighted by atomic mass is 32.2. The average Bonchev–Trinajstić information content (AvgIpc) is 3.53. The Labute approximate surface area is 217 Å². The molecule has 9 heteroatoms. The first kappa shape index (κ1) is 24.3. The highest BCUT2D eigenvalue weighted by molar-refractivity contribution is 7.90. The molecule has 4 heterocycles. The van der Waals surface area contributed by atoms with E-state index in [2.05, 4.69) is 23.0 Å². The topological polar surface area (TPSA) is 82.2 Å². The van der Waals surface area contributed by atoms with E-state index >= 15 is 0 Å². The van der Waals surface area contributed by atoms with Crippen LogP contribution in [-0.2, 0) is 21.8 Å². The van der Waals surface area contributed by atoms with Gasteiger partial charge in [0.1, 0.15) is 0 Å². The Bertz CT molecular complexity index is 1510. The van der Waals surface area contributed by atoms with E-state index < -0.39 is 10.0 Å². The second kappa shape index (κ2) is 9.38. The number of aromatic nitrogens is 4. The molecule has 0 spiro atoms. The largest absolute Gasteiger partial charge is 0.379 e. The fraction of sp³-hybridized carbons (Fsp3) is 0.429. The van der Waals surface area contributed by atoms with Crippen LogP contribution in [0.25, 0.3) is 22.2 Å². The smallest absolute Gasteiger partial charge is 0.269 e. The molecule has 4 aromatic rings. The maximum atomic E-state index is 13.6. The van der Waals surface area contributed by atoms with Gasteiger partial charge in [-0.25, -0.2) is 17.4 Å². The molecule has 194 valence electrons. The van der Waals surface area contributed by atoms with Crippen LogP contribution in [0.2, 0.25) is 0 Å². The standard InChI is InChI=1S/C28H33N5O3S/c1-28(32-12-14-36-15-13-32)10-8-21(9-11-28)22-16-25-26(23-18-30-31(2)19-23)20-33(27(25)29-17-22)37(34,35)24-6-4-3-5-7-24/h3-7,16-21H,8-15H2,1-2H3. The molecule has 1 aliphatic carbocycles. The number of morpholine rings is 1. The normalized spacial score (nSPS) is 23.5. The minimum Gasteiger partial charge on any atom is -0.379 e. The zero-order valence-corrected chi connectivity index (χ0v) is 22.2. The fourth-order valence-corrected chi connectivity index (χ4v) is 7.34. The van der Waals surface area contributed by atoms with Crippen molar-refractivity contribution in [1.82, 2.24) is 23.6 Å². The average molecular weight is 520 g/mol. The lowest BCUT2D eigenvalue weighted by atomic mass is 9.74. The quantitative estimate of drug-likeness (QED) is 0.388. The van der Waals surface area contributed by atoms with E-state index in [1.807, 2.05) is 25.5 Å². The van der Waals surface area contributed by atoms with Crippen molar-refractivity contribution >= 4 is 21.1 Å². The highest BCUT2D eigenvalue weighted by Crippen LogP contribution is 2.42. The fourth-order valence-electron chi connectivity index (χ4n) is 5.99. The van der Waals surface area contributed by atoms with Crippen LogP contribution in [0.15, 0.2) is 66.1 Å². The van der Waals surface area contributed by atoms with Gasteiger partial charge in [-0.05, 0) is 62.3 Å². The van der Waals surface area contributed by atoms with Crippen molar-refractivity contribution in [2.45, 2.75) is 49.0 Å². The molecule has 0 bridgehead atoms. The van der Waals surface area contributed by atoms with Gasteiger partial charge in [0.25, 0.3) is 10.0 Å². The lowest BCUT2D eigenvalue weighted by molar-refractivity contribution is -0.0314. The third-order valence-electron chi connectivity index (χ3n) is 8.26.